The van der Waals surface area contributed by atoms with E-state index in [0.717, 1.165) is 0 Å². The average Bonchev–Trinajstić information content (AvgIpc) is 2.87. The number of tetrazole rings is 1. The second kappa shape index (κ2) is 6.54. The van der Waals surface area contributed by atoms with E-state index in [1.54, 1.807) is 0 Å². The third kappa shape index (κ3) is 3.67. The SMILES string of the molecule is O=S(=O)(NC1CCc2nnnn2CC1)c1c(F)cc(C(F)(F)F)cc1F. The van der Waals surface area contributed by atoms with Crippen LogP contribution in [0.15, 0.2) is 17.0 Å². The minimum Gasteiger partial charge on any atom is -0.230 e. The van der Waals surface area contributed by atoms with Crippen molar-refractivity contribution >= 4 is 10.0 Å². The van der Waals surface area contributed by atoms with E-state index in [2.05, 4.69) is 20.2 Å². The Balaban J connectivity index is 1.83. The molecular weight excluding hydrogens is 385 g/mol. The molecule has 0 radical (unpaired) electrons. The summed E-state index contributed by atoms with van der Waals surface area (Å²) in [6.45, 7) is 0.285. The van der Waals surface area contributed by atoms with Crippen LogP contribution >= 0.6 is 0 Å². The molecule has 7 nitrogen and oxygen atoms in total. The zero-order valence-corrected chi connectivity index (χ0v) is 13.8. The maximum absolute atomic E-state index is 13.9. The van der Waals surface area contributed by atoms with Gasteiger partial charge in [-0.05, 0) is 35.4 Å². The second-order valence-electron chi connectivity index (χ2n) is 5.73. The monoisotopic (exact) mass is 397 g/mol. The van der Waals surface area contributed by atoms with Crippen molar-refractivity contribution in [3.05, 3.63) is 35.2 Å². The normalized spacial score (nSPS) is 18.4. The number of aromatic nitrogens is 4. The van der Waals surface area contributed by atoms with Gasteiger partial charge in [-0.3, -0.25) is 0 Å². The molecule has 1 unspecified atom stereocenters. The predicted octanol–water partition coefficient (Wildman–Crippen LogP) is 1.65. The van der Waals surface area contributed by atoms with Crippen molar-refractivity contribution in [3.63, 3.8) is 0 Å². The Morgan fingerprint density at radius 1 is 1.15 bits per heavy atom. The molecule has 0 aliphatic carbocycles. The Bertz CT molecular complexity index is 882. The van der Waals surface area contributed by atoms with Crippen LogP contribution in [-0.4, -0.2) is 34.7 Å². The molecule has 1 aliphatic heterocycles. The van der Waals surface area contributed by atoms with E-state index in [-0.39, 0.29) is 31.5 Å². The molecule has 0 fully saturated rings. The molecule has 0 amide bonds. The van der Waals surface area contributed by atoms with Gasteiger partial charge in [-0.2, -0.15) is 13.2 Å². The van der Waals surface area contributed by atoms with E-state index in [0.29, 0.717) is 12.2 Å². The molecule has 1 aliphatic rings. The first kappa shape index (κ1) is 18.6. The number of alkyl halides is 3. The van der Waals surface area contributed by atoms with Crippen molar-refractivity contribution in [2.45, 2.75) is 42.9 Å². The Morgan fingerprint density at radius 2 is 1.81 bits per heavy atom. The number of nitrogens with zero attached hydrogens (tertiary/aromatic N) is 4. The van der Waals surface area contributed by atoms with E-state index in [4.69, 9.17) is 0 Å². The number of aryl methyl sites for hydroxylation is 2. The zero-order valence-electron chi connectivity index (χ0n) is 13.0. The number of halogens is 5. The first-order valence-electron chi connectivity index (χ1n) is 7.41. The summed E-state index contributed by atoms with van der Waals surface area (Å²) in [5.74, 6) is -3.08. The molecule has 0 spiro atoms. The first-order chi connectivity index (χ1) is 12.1. The van der Waals surface area contributed by atoms with Gasteiger partial charge in [-0.1, -0.05) is 0 Å². The molecule has 2 heterocycles. The van der Waals surface area contributed by atoms with Gasteiger partial charge in [0.25, 0.3) is 0 Å². The minimum atomic E-state index is -5.00. The van der Waals surface area contributed by atoms with Crippen LogP contribution in [0.25, 0.3) is 0 Å². The Morgan fingerprint density at radius 3 is 2.42 bits per heavy atom. The van der Waals surface area contributed by atoms with Gasteiger partial charge in [0.15, 0.2) is 10.7 Å². The number of hydrogen-bond acceptors (Lipinski definition) is 5. The van der Waals surface area contributed by atoms with Crippen LogP contribution in [0.5, 0.6) is 0 Å². The topological polar surface area (TPSA) is 89.8 Å². The van der Waals surface area contributed by atoms with Crippen LogP contribution in [0, 0.1) is 11.6 Å². The minimum absolute atomic E-state index is 0.0457. The van der Waals surface area contributed by atoms with E-state index in [1.807, 2.05) is 0 Å². The van der Waals surface area contributed by atoms with Crippen LogP contribution in [0.1, 0.15) is 24.2 Å². The average molecular weight is 397 g/mol. The molecule has 0 bridgehead atoms. The largest absolute Gasteiger partial charge is 0.416 e. The van der Waals surface area contributed by atoms with Crippen molar-refractivity contribution < 1.29 is 30.4 Å². The predicted molar refractivity (Wildman–Crippen MR) is 76.2 cm³/mol. The lowest BCUT2D eigenvalue weighted by atomic mass is 10.1. The highest BCUT2D eigenvalue weighted by molar-refractivity contribution is 7.89. The summed E-state index contributed by atoms with van der Waals surface area (Å²) in [7, 11) is -4.70. The van der Waals surface area contributed by atoms with Gasteiger partial charge in [-0.15, -0.1) is 5.10 Å². The van der Waals surface area contributed by atoms with E-state index in [9.17, 15) is 30.4 Å². The molecule has 3 rings (SSSR count). The second-order valence-corrected chi connectivity index (χ2v) is 7.38. The summed E-state index contributed by atoms with van der Waals surface area (Å²) in [6, 6.07) is -0.782. The highest BCUT2D eigenvalue weighted by atomic mass is 32.2. The number of benzene rings is 1. The molecule has 0 saturated carbocycles. The van der Waals surface area contributed by atoms with Gasteiger partial charge < -0.3 is 0 Å². The van der Waals surface area contributed by atoms with Gasteiger partial charge in [0.1, 0.15) is 11.6 Å². The molecule has 2 aromatic rings. The van der Waals surface area contributed by atoms with Crippen molar-refractivity contribution in [2.24, 2.45) is 0 Å². The lowest BCUT2D eigenvalue weighted by Gasteiger charge is -2.17. The summed E-state index contributed by atoms with van der Waals surface area (Å²) < 4.78 is 93.8. The summed E-state index contributed by atoms with van der Waals surface area (Å²) in [5, 5.41) is 11.0. The fourth-order valence-corrected chi connectivity index (χ4v) is 4.10. The smallest absolute Gasteiger partial charge is 0.230 e. The van der Waals surface area contributed by atoms with E-state index in [1.165, 1.54) is 4.68 Å². The lowest BCUT2D eigenvalue weighted by Crippen LogP contribution is -2.36. The summed E-state index contributed by atoms with van der Waals surface area (Å²) >= 11 is 0. The van der Waals surface area contributed by atoms with Gasteiger partial charge in [0, 0.05) is 19.0 Å². The van der Waals surface area contributed by atoms with Crippen molar-refractivity contribution in [1.29, 1.82) is 0 Å². The van der Waals surface area contributed by atoms with Crippen molar-refractivity contribution in [3.8, 4) is 0 Å². The Labute approximate surface area is 144 Å². The molecule has 1 N–H and O–H groups in total. The number of fused-ring (bicyclic) bond motifs is 1. The molecule has 1 aromatic carbocycles. The van der Waals surface area contributed by atoms with E-state index >= 15 is 0 Å². The lowest BCUT2D eigenvalue weighted by molar-refractivity contribution is -0.138. The fourth-order valence-electron chi connectivity index (χ4n) is 2.68. The number of hydrogen-bond donors (Lipinski definition) is 1. The fraction of sp³-hybridized carbons (Fsp3) is 0.462. The van der Waals surface area contributed by atoms with Crippen LogP contribution in [0.3, 0.4) is 0 Å². The van der Waals surface area contributed by atoms with Gasteiger partial charge in [0.2, 0.25) is 10.0 Å². The Hall–Kier alpha value is -2.15. The maximum atomic E-state index is 13.9. The molecule has 1 aromatic heterocycles. The number of nitrogens with one attached hydrogen (secondary N) is 1. The molecule has 26 heavy (non-hydrogen) atoms. The van der Waals surface area contributed by atoms with Crippen LogP contribution < -0.4 is 4.72 Å². The van der Waals surface area contributed by atoms with Gasteiger partial charge in [-0.25, -0.2) is 26.6 Å². The maximum Gasteiger partial charge on any atom is 0.416 e. The molecule has 142 valence electrons. The molecule has 0 saturated heterocycles. The van der Waals surface area contributed by atoms with Crippen LogP contribution in [0.2, 0.25) is 0 Å². The highest BCUT2D eigenvalue weighted by Gasteiger charge is 2.35. The first-order valence-corrected chi connectivity index (χ1v) is 8.90. The summed E-state index contributed by atoms with van der Waals surface area (Å²) in [6.07, 6.45) is -4.15. The highest BCUT2D eigenvalue weighted by Crippen LogP contribution is 2.32. The van der Waals surface area contributed by atoms with Gasteiger partial charge in [0.05, 0.1) is 5.56 Å². The summed E-state index contributed by atoms with van der Waals surface area (Å²) in [4.78, 5) is -1.44. The number of rotatable bonds is 3. The summed E-state index contributed by atoms with van der Waals surface area (Å²) in [5.41, 5.74) is -1.61. The van der Waals surface area contributed by atoms with Crippen molar-refractivity contribution in [1.82, 2.24) is 24.9 Å². The quantitative estimate of drug-likeness (QED) is 0.796. The van der Waals surface area contributed by atoms with E-state index < -0.39 is 44.3 Å². The number of sulfonamides is 1. The molecule has 1 atom stereocenters. The third-order valence-corrected chi connectivity index (χ3v) is 5.50. The molecular formula is C13H12F5N5O2S. The van der Waals surface area contributed by atoms with Crippen molar-refractivity contribution in [2.75, 3.05) is 0 Å². The van der Waals surface area contributed by atoms with Crippen LogP contribution in [-0.2, 0) is 29.2 Å². The van der Waals surface area contributed by atoms with Gasteiger partial charge >= 0.3 is 6.18 Å². The van der Waals surface area contributed by atoms with Crippen LogP contribution in [0.4, 0.5) is 22.0 Å². The standard InChI is InChI=1S/C13H12F5N5O2S/c14-9-5-7(13(16,17)18)6-10(15)12(9)26(24,25)20-8-1-2-11-19-21-22-23(11)4-3-8/h5-6,8,20H,1-4H2. The third-order valence-electron chi connectivity index (χ3n) is 3.93. The molecule has 13 heteroatoms. The Kier molecular flexibility index (Phi) is 4.69. The zero-order chi connectivity index (χ0) is 19.1.